The van der Waals surface area contributed by atoms with Crippen molar-refractivity contribution in [2.75, 3.05) is 13.1 Å². The Morgan fingerprint density at radius 1 is 1.53 bits per heavy atom. The molecule has 7 heteroatoms. The average Bonchev–Trinajstić information content (AvgIpc) is 2.83. The van der Waals surface area contributed by atoms with Gasteiger partial charge in [0, 0.05) is 25.9 Å². The predicted octanol–water partition coefficient (Wildman–Crippen LogP) is 0.722. The molecular weight excluding hydrogens is 249 g/mol. The molecule has 1 atom stereocenters. The Morgan fingerprint density at radius 3 is 2.82 bits per heavy atom. The van der Waals surface area contributed by atoms with Crippen LogP contribution in [0.5, 0.6) is 0 Å². The zero-order valence-corrected chi connectivity index (χ0v) is 9.82. The van der Waals surface area contributed by atoms with Crippen molar-refractivity contribution < 1.29 is 21.5 Å². The van der Waals surface area contributed by atoms with Crippen LogP contribution in [0.1, 0.15) is 12.2 Å². The number of hydrogen-bond acceptors (Lipinski definition) is 4. The average molecular weight is 261 g/mol. The summed E-state index contributed by atoms with van der Waals surface area (Å²) in [7, 11) is -4.63. The summed E-state index contributed by atoms with van der Waals surface area (Å²) in [5.41, 5.74) is 0. The van der Waals surface area contributed by atoms with Gasteiger partial charge in [-0.15, -0.1) is 3.89 Å². The van der Waals surface area contributed by atoms with Crippen molar-refractivity contribution in [1.29, 1.82) is 0 Å². The Labute approximate surface area is 98.4 Å². The lowest BCUT2D eigenvalue weighted by Gasteiger charge is -2.14. The summed E-state index contributed by atoms with van der Waals surface area (Å²) in [6.45, 7) is 0.275. The number of rotatable bonds is 4. The first-order valence-electron chi connectivity index (χ1n) is 5.20. The molecule has 5 nitrogen and oxygen atoms in total. The minimum atomic E-state index is -4.63. The normalized spacial score (nSPS) is 21.1. The van der Waals surface area contributed by atoms with Crippen LogP contribution in [-0.4, -0.2) is 37.6 Å². The largest absolute Gasteiger partial charge is 0.469 e. The second-order valence-corrected chi connectivity index (χ2v) is 5.59. The lowest BCUT2D eigenvalue weighted by Crippen LogP contribution is -2.29. The monoisotopic (exact) mass is 261 g/mol. The quantitative estimate of drug-likeness (QED) is 0.749. The maximum atomic E-state index is 12.7. The van der Waals surface area contributed by atoms with Crippen LogP contribution in [0.2, 0.25) is 0 Å². The van der Waals surface area contributed by atoms with E-state index in [1.165, 1.54) is 11.2 Å². The summed E-state index contributed by atoms with van der Waals surface area (Å²) in [4.78, 5) is 12.8. The third-order valence-electron chi connectivity index (χ3n) is 2.79. The second-order valence-electron chi connectivity index (χ2n) is 3.97. The lowest BCUT2D eigenvalue weighted by molar-refractivity contribution is -0.127. The summed E-state index contributed by atoms with van der Waals surface area (Å²) in [5.74, 6) is 0.382. The molecule has 1 unspecified atom stereocenters. The Kier molecular flexibility index (Phi) is 3.19. The fourth-order valence-corrected chi connectivity index (χ4v) is 2.54. The van der Waals surface area contributed by atoms with Gasteiger partial charge in [0.05, 0.1) is 6.26 Å². The van der Waals surface area contributed by atoms with E-state index in [4.69, 9.17) is 4.42 Å². The lowest BCUT2D eigenvalue weighted by atomic mass is 10.3. The molecule has 1 aromatic heterocycles. The number of carbonyl (C=O) groups is 1. The molecule has 1 aliphatic heterocycles. The number of amides is 1. The van der Waals surface area contributed by atoms with Gasteiger partial charge in [-0.05, 0) is 12.1 Å². The summed E-state index contributed by atoms with van der Waals surface area (Å²) >= 11 is 0. The maximum Gasteiger partial charge on any atom is 0.307 e. The molecule has 94 valence electrons. The van der Waals surface area contributed by atoms with E-state index in [9.17, 15) is 17.1 Å². The first-order valence-corrected chi connectivity index (χ1v) is 6.65. The van der Waals surface area contributed by atoms with Gasteiger partial charge in [0.1, 0.15) is 11.0 Å². The smallest absolute Gasteiger partial charge is 0.307 e. The first-order chi connectivity index (χ1) is 7.97. The van der Waals surface area contributed by atoms with E-state index >= 15 is 0 Å². The highest BCUT2D eigenvalue weighted by atomic mass is 32.3. The summed E-state index contributed by atoms with van der Waals surface area (Å²) in [5, 5.41) is -1.22. The fourth-order valence-electron chi connectivity index (χ4n) is 1.84. The molecule has 1 fully saturated rings. The van der Waals surface area contributed by atoms with Crippen molar-refractivity contribution in [3.05, 3.63) is 24.2 Å². The number of nitrogens with zero attached hydrogens (tertiary/aromatic N) is 1. The molecule has 2 heterocycles. The Balaban J connectivity index is 1.93. The van der Waals surface area contributed by atoms with Crippen LogP contribution in [0, 0.1) is 0 Å². The van der Waals surface area contributed by atoms with E-state index in [1.807, 2.05) is 0 Å². The molecule has 1 saturated heterocycles. The molecule has 0 spiro atoms. The number of likely N-dealkylation sites (tertiary alicyclic amines) is 1. The van der Waals surface area contributed by atoms with E-state index < -0.39 is 15.5 Å². The fraction of sp³-hybridized carbons (Fsp3) is 0.500. The van der Waals surface area contributed by atoms with E-state index in [-0.39, 0.29) is 18.9 Å². The Bertz CT molecular complexity index is 496. The highest BCUT2D eigenvalue weighted by molar-refractivity contribution is 7.87. The Morgan fingerprint density at radius 2 is 2.29 bits per heavy atom. The van der Waals surface area contributed by atoms with Gasteiger partial charge in [0.2, 0.25) is 5.91 Å². The van der Waals surface area contributed by atoms with Crippen molar-refractivity contribution in [3.63, 3.8) is 0 Å². The minimum absolute atomic E-state index is 0.0711. The van der Waals surface area contributed by atoms with E-state index in [2.05, 4.69) is 0 Å². The maximum absolute atomic E-state index is 12.7. The second kappa shape index (κ2) is 4.48. The molecule has 0 saturated carbocycles. The van der Waals surface area contributed by atoms with Crippen LogP contribution < -0.4 is 0 Å². The van der Waals surface area contributed by atoms with Crippen LogP contribution in [0.4, 0.5) is 3.89 Å². The van der Waals surface area contributed by atoms with Gasteiger partial charge in [0.15, 0.2) is 0 Å². The summed E-state index contributed by atoms with van der Waals surface area (Å²) in [6.07, 6.45) is 1.75. The van der Waals surface area contributed by atoms with Gasteiger partial charge < -0.3 is 9.32 Å². The third-order valence-corrected chi connectivity index (χ3v) is 3.90. The van der Waals surface area contributed by atoms with Crippen molar-refractivity contribution in [2.24, 2.45) is 0 Å². The molecule has 0 aliphatic carbocycles. The van der Waals surface area contributed by atoms with Gasteiger partial charge in [-0.1, -0.05) is 0 Å². The minimum Gasteiger partial charge on any atom is -0.469 e. The van der Waals surface area contributed by atoms with Crippen molar-refractivity contribution in [1.82, 2.24) is 4.90 Å². The molecule has 0 radical (unpaired) electrons. The van der Waals surface area contributed by atoms with E-state index in [0.717, 1.165) is 0 Å². The highest BCUT2D eigenvalue weighted by Gasteiger charge is 2.38. The van der Waals surface area contributed by atoms with Crippen LogP contribution in [0.3, 0.4) is 0 Å². The van der Waals surface area contributed by atoms with Crippen LogP contribution in [-0.2, 0) is 21.4 Å². The SMILES string of the molecule is O=C1CC(S(=O)(=O)F)CN1CCc1ccco1. The number of furan rings is 1. The van der Waals surface area contributed by atoms with Gasteiger partial charge in [-0.25, -0.2) is 0 Å². The highest BCUT2D eigenvalue weighted by Crippen LogP contribution is 2.19. The molecule has 2 rings (SSSR count). The summed E-state index contributed by atoms with van der Waals surface area (Å²) in [6, 6.07) is 3.50. The molecule has 1 aliphatic rings. The summed E-state index contributed by atoms with van der Waals surface area (Å²) < 4.78 is 39.2. The topological polar surface area (TPSA) is 67.6 Å². The molecule has 1 amide bonds. The zero-order valence-electron chi connectivity index (χ0n) is 9.00. The molecular formula is C10H12FNO4S. The number of hydrogen-bond donors (Lipinski definition) is 0. The van der Waals surface area contributed by atoms with E-state index in [0.29, 0.717) is 18.7 Å². The van der Waals surface area contributed by atoms with Crippen molar-refractivity contribution in [2.45, 2.75) is 18.1 Å². The third kappa shape index (κ3) is 2.85. The van der Waals surface area contributed by atoms with E-state index in [1.54, 1.807) is 12.1 Å². The molecule has 0 N–H and O–H groups in total. The molecule has 1 aromatic rings. The standard InChI is InChI=1S/C10H12FNO4S/c11-17(14,15)9-6-10(13)12(7-9)4-3-8-2-1-5-16-8/h1-2,5,9H,3-4,6-7H2. The van der Waals surface area contributed by atoms with Crippen molar-refractivity contribution >= 4 is 16.1 Å². The Hall–Kier alpha value is -1.37. The predicted molar refractivity (Wildman–Crippen MR) is 57.4 cm³/mol. The molecule has 17 heavy (non-hydrogen) atoms. The zero-order chi connectivity index (χ0) is 12.5. The van der Waals surface area contributed by atoms with Gasteiger partial charge in [-0.2, -0.15) is 8.42 Å². The van der Waals surface area contributed by atoms with Crippen molar-refractivity contribution in [3.8, 4) is 0 Å². The molecule has 0 bridgehead atoms. The van der Waals surface area contributed by atoms with Gasteiger partial charge in [-0.3, -0.25) is 4.79 Å². The number of carbonyl (C=O) groups excluding carboxylic acids is 1. The van der Waals surface area contributed by atoms with Gasteiger partial charge >= 0.3 is 10.2 Å². The number of halogens is 1. The molecule has 0 aromatic carbocycles. The van der Waals surface area contributed by atoms with Gasteiger partial charge in [0.25, 0.3) is 0 Å². The van der Waals surface area contributed by atoms with Crippen LogP contribution in [0.15, 0.2) is 22.8 Å². The first kappa shape index (κ1) is 12.1. The van der Waals surface area contributed by atoms with Crippen LogP contribution >= 0.6 is 0 Å². The van der Waals surface area contributed by atoms with Crippen LogP contribution in [0.25, 0.3) is 0 Å².